The van der Waals surface area contributed by atoms with Crippen LogP contribution >= 0.6 is 11.6 Å². The van der Waals surface area contributed by atoms with Gasteiger partial charge in [0.1, 0.15) is 11.6 Å². The highest BCUT2D eigenvalue weighted by atomic mass is 35.5. The maximum Gasteiger partial charge on any atom is 0.410 e. The van der Waals surface area contributed by atoms with E-state index in [4.69, 9.17) is 16.3 Å². The summed E-state index contributed by atoms with van der Waals surface area (Å²) in [4.78, 5) is 26.1. The minimum absolute atomic E-state index is 0.125. The highest BCUT2D eigenvalue weighted by molar-refractivity contribution is 6.30. The Labute approximate surface area is 148 Å². The van der Waals surface area contributed by atoms with Crippen molar-refractivity contribution in [1.29, 1.82) is 0 Å². The molecule has 1 fully saturated rings. The lowest BCUT2D eigenvalue weighted by Crippen LogP contribution is -2.47. The van der Waals surface area contributed by atoms with E-state index in [0.717, 1.165) is 12.0 Å². The number of likely N-dealkylation sites (tertiary alicyclic amines) is 1. The Kier molecular flexibility index (Phi) is 6.10. The second-order valence-electron chi connectivity index (χ2n) is 7.00. The van der Waals surface area contributed by atoms with Gasteiger partial charge in [-0.1, -0.05) is 23.7 Å². The first-order valence-electron chi connectivity index (χ1n) is 8.28. The first kappa shape index (κ1) is 18.6. The van der Waals surface area contributed by atoms with Gasteiger partial charge in [-0.2, -0.15) is 0 Å². The summed E-state index contributed by atoms with van der Waals surface area (Å²) >= 11 is 5.95. The van der Waals surface area contributed by atoms with E-state index < -0.39 is 17.7 Å². The molecule has 1 aromatic rings. The quantitative estimate of drug-likeness (QED) is 0.903. The van der Waals surface area contributed by atoms with Crippen LogP contribution in [-0.4, -0.2) is 41.6 Å². The summed E-state index contributed by atoms with van der Waals surface area (Å²) in [7, 11) is 0. The van der Waals surface area contributed by atoms with E-state index in [-0.39, 0.29) is 5.91 Å². The van der Waals surface area contributed by atoms with Crippen molar-refractivity contribution in [1.82, 2.24) is 10.2 Å². The molecule has 1 aliphatic rings. The van der Waals surface area contributed by atoms with Gasteiger partial charge >= 0.3 is 6.09 Å². The second kappa shape index (κ2) is 7.88. The Morgan fingerprint density at radius 3 is 2.79 bits per heavy atom. The predicted octanol–water partition coefficient (Wildman–Crippen LogP) is 3.40. The van der Waals surface area contributed by atoms with Crippen LogP contribution in [0.4, 0.5) is 4.79 Å². The number of hydrogen-bond acceptors (Lipinski definition) is 3. The second-order valence-corrected chi connectivity index (χ2v) is 7.44. The molecule has 1 atom stereocenters. The molecule has 1 heterocycles. The number of nitrogens with zero attached hydrogens (tertiary/aromatic N) is 1. The maximum absolute atomic E-state index is 12.4. The van der Waals surface area contributed by atoms with Crippen molar-refractivity contribution in [3.05, 3.63) is 34.9 Å². The number of nitrogens with one attached hydrogen (secondary N) is 1. The van der Waals surface area contributed by atoms with Crippen LogP contribution in [0.3, 0.4) is 0 Å². The number of rotatable bonds is 4. The fourth-order valence-corrected chi connectivity index (χ4v) is 2.93. The average Bonchev–Trinajstić information content (AvgIpc) is 2.95. The smallest absolute Gasteiger partial charge is 0.410 e. The Bertz CT molecular complexity index is 598. The number of carbonyl (C=O) groups excluding carboxylic acids is 2. The van der Waals surface area contributed by atoms with E-state index in [1.165, 1.54) is 4.90 Å². The largest absolute Gasteiger partial charge is 0.444 e. The number of ether oxygens (including phenoxy) is 1. The minimum atomic E-state index is -0.562. The molecule has 6 heteroatoms. The van der Waals surface area contributed by atoms with Gasteiger partial charge in [0.25, 0.3) is 0 Å². The molecule has 1 N–H and O–H groups in total. The molecule has 2 amide bonds. The normalized spacial score (nSPS) is 17.7. The van der Waals surface area contributed by atoms with E-state index >= 15 is 0 Å². The van der Waals surface area contributed by atoms with E-state index in [2.05, 4.69) is 5.32 Å². The Balaban J connectivity index is 1.85. The summed E-state index contributed by atoms with van der Waals surface area (Å²) < 4.78 is 5.38. The van der Waals surface area contributed by atoms with Crippen molar-refractivity contribution >= 4 is 23.6 Å². The van der Waals surface area contributed by atoms with Gasteiger partial charge in [-0.25, -0.2) is 4.79 Å². The van der Waals surface area contributed by atoms with E-state index in [1.807, 2.05) is 45.0 Å². The maximum atomic E-state index is 12.4. The van der Waals surface area contributed by atoms with Crippen LogP contribution in [0.15, 0.2) is 24.3 Å². The molecule has 24 heavy (non-hydrogen) atoms. The molecule has 0 radical (unpaired) electrons. The van der Waals surface area contributed by atoms with Gasteiger partial charge in [0.15, 0.2) is 0 Å². The number of carbonyl (C=O) groups is 2. The van der Waals surface area contributed by atoms with Crippen molar-refractivity contribution in [3.63, 3.8) is 0 Å². The molecular formula is C18H25ClN2O3. The highest BCUT2D eigenvalue weighted by Crippen LogP contribution is 2.21. The molecule has 0 saturated carbocycles. The van der Waals surface area contributed by atoms with Gasteiger partial charge in [-0.3, -0.25) is 9.69 Å². The zero-order valence-corrected chi connectivity index (χ0v) is 15.2. The molecule has 2 rings (SSSR count). The van der Waals surface area contributed by atoms with Crippen molar-refractivity contribution in [3.8, 4) is 0 Å². The van der Waals surface area contributed by atoms with Crippen LogP contribution in [0, 0.1) is 0 Å². The van der Waals surface area contributed by atoms with Gasteiger partial charge in [-0.15, -0.1) is 0 Å². The van der Waals surface area contributed by atoms with Crippen molar-refractivity contribution < 1.29 is 14.3 Å². The van der Waals surface area contributed by atoms with Crippen molar-refractivity contribution in [2.24, 2.45) is 0 Å². The first-order chi connectivity index (χ1) is 11.3. The van der Waals surface area contributed by atoms with Gasteiger partial charge < -0.3 is 10.1 Å². The fraction of sp³-hybridized carbons (Fsp3) is 0.556. The van der Waals surface area contributed by atoms with Crippen LogP contribution < -0.4 is 5.32 Å². The molecule has 0 spiro atoms. The summed E-state index contributed by atoms with van der Waals surface area (Å²) in [6, 6.07) is 7.12. The molecular weight excluding hydrogens is 328 g/mol. The fourth-order valence-electron chi connectivity index (χ4n) is 2.72. The SMILES string of the molecule is CC(C)(C)OC(=O)N1CCCC1C(=O)NCCc1cccc(Cl)c1. The predicted molar refractivity (Wildman–Crippen MR) is 94.1 cm³/mol. The Morgan fingerprint density at radius 1 is 1.38 bits per heavy atom. The summed E-state index contributed by atoms with van der Waals surface area (Å²) in [5.41, 5.74) is 0.506. The van der Waals surface area contributed by atoms with Gasteiger partial charge in [0.05, 0.1) is 0 Å². The summed E-state index contributed by atoms with van der Waals surface area (Å²) in [6.45, 7) is 6.53. The van der Waals surface area contributed by atoms with Crippen molar-refractivity contribution in [2.45, 2.75) is 51.7 Å². The third-order valence-corrected chi connectivity index (χ3v) is 4.02. The van der Waals surface area contributed by atoms with Gasteiger partial charge in [-0.05, 0) is 57.7 Å². The standard InChI is InChI=1S/C18H25ClN2O3/c1-18(2,3)24-17(23)21-11-5-8-15(21)16(22)20-10-9-13-6-4-7-14(19)12-13/h4,6-7,12,15H,5,8-11H2,1-3H3,(H,20,22). The first-order valence-corrected chi connectivity index (χ1v) is 8.66. The van der Waals surface area contributed by atoms with E-state index in [1.54, 1.807) is 0 Å². The number of benzene rings is 1. The lowest BCUT2D eigenvalue weighted by atomic mass is 10.1. The molecule has 0 aromatic heterocycles. The molecule has 1 aromatic carbocycles. The third kappa shape index (κ3) is 5.41. The van der Waals surface area contributed by atoms with E-state index in [0.29, 0.717) is 31.0 Å². The summed E-state index contributed by atoms with van der Waals surface area (Å²) in [5, 5.41) is 3.59. The molecule has 0 bridgehead atoms. The zero-order chi connectivity index (χ0) is 17.7. The van der Waals surface area contributed by atoms with Crippen molar-refractivity contribution in [2.75, 3.05) is 13.1 Å². The molecule has 5 nitrogen and oxygen atoms in total. The molecule has 1 unspecified atom stereocenters. The highest BCUT2D eigenvalue weighted by Gasteiger charge is 2.36. The number of halogens is 1. The topological polar surface area (TPSA) is 58.6 Å². The lowest BCUT2D eigenvalue weighted by molar-refractivity contribution is -0.125. The third-order valence-electron chi connectivity index (χ3n) is 3.79. The van der Waals surface area contributed by atoms with Gasteiger partial charge in [0, 0.05) is 18.1 Å². The van der Waals surface area contributed by atoms with Crippen LogP contribution in [0.2, 0.25) is 5.02 Å². The molecule has 1 saturated heterocycles. The van der Waals surface area contributed by atoms with Gasteiger partial charge in [0.2, 0.25) is 5.91 Å². The number of amides is 2. The Morgan fingerprint density at radius 2 is 2.12 bits per heavy atom. The molecule has 132 valence electrons. The van der Waals surface area contributed by atoms with E-state index in [9.17, 15) is 9.59 Å². The van der Waals surface area contributed by atoms with Crippen LogP contribution in [0.1, 0.15) is 39.2 Å². The zero-order valence-electron chi connectivity index (χ0n) is 14.5. The Hall–Kier alpha value is -1.75. The molecule has 1 aliphatic heterocycles. The van der Waals surface area contributed by atoms with Crippen LogP contribution in [0.5, 0.6) is 0 Å². The van der Waals surface area contributed by atoms with Crippen LogP contribution in [-0.2, 0) is 16.0 Å². The minimum Gasteiger partial charge on any atom is -0.444 e. The number of hydrogen-bond donors (Lipinski definition) is 1. The summed E-state index contributed by atoms with van der Waals surface area (Å²) in [6.07, 6.45) is 1.76. The van der Waals surface area contributed by atoms with Crippen LogP contribution in [0.25, 0.3) is 0 Å². The molecule has 0 aliphatic carbocycles. The lowest BCUT2D eigenvalue weighted by Gasteiger charge is -2.28. The summed E-state index contributed by atoms with van der Waals surface area (Å²) in [5.74, 6) is -0.125. The average molecular weight is 353 g/mol. The monoisotopic (exact) mass is 352 g/mol.